The van der Waals surface area contributed by atoms with Gasteiger partial charge in [0.2, 0.25) is 11.8 Å². The van der Waals surface area contributed by atoms with E-state index in [1.807, 2.05) is 0 Å². The predicted molar refractivity (Wildman–Crippen MR) is 139 cm³/mol. The third-order valence-corrected chi connectivity index (χ3v) is 8.34. The quantitative estimate of drug-likeness (QED) is 0.327. The van der Waals surface area contributed by atoms with Crippen LogP contribution >= 0.6 is 0 Å². The molecule has 0 aromatic carbocycles. The van der Waals surface area contributed by atoms with Crippen LogP contribution in [0.3, 0.4) is 0 Å². The molecule has 196 valence electrons. The SMILES string of the molecule is CCCCNC(=O)[C@@]1(NC(C)=O)C[C@H](CCB2OC(C)(C)C(C)(C)O2)CC[C@H]1CN(CC)CC. The lowest BCUT2D eigenvalue weighted by Crippen LogP contribution is -2.66. The number of nitrogens with zero attached hydrogens (tertiary/aromatic N) is 1. The minimum Gasteiger partial charge on any atom is -0.403 e. The van der Waals surface area contributed by atoms with Crippen molar-refractivity contribution in [3.8, 4) is 0 Å². The Morgan fingerprint density at radius 3 is 2.18 bits per heavy atom. The van der Waals surface area contributed by atoms with Crippen molar-refractivity contribution in [3.05, 3.63) is 0 Å². The molecular weight excluding hydrogens is 429 g/mol. The fourth-order valence-electron chi connectivity index (χ4n) is 5.49. The second kappa shape index (κ2) is 12.2. The number of carbonyl (C=O) groups is 2. The summed E-state index contributed by atoms with van der Waals surface area (Å²) in [5.41, 5.74) is -1.54. The van der Waals surface area contributed by atoms with Crippen LogP contribution in [0.25, 0.3) is 0 Å². The Morgan fingerprint density at radius 1 is 1.03 bits per heavy atom. The number of hydrogen-bond donors (Lipinski definition) is 2. The minimum absolute atomic E-state index is 0.0198. The Hall–Kier alpha value is -1.12. The van der Waals surface area contributed by atoms with Gasteiger partial charge in [-0.25, -0.2) is 0 Å². The molecule has 0 radical (unpaired) electrons. The lowest BCUT2D eigenvalue weighted by atomic mass is 9.65. The van der Waals surface area contributed by atoms with Crippen LogP contribution in [-0.2, 0) is 18.9 Å². The average Bonchev–Trinajstić information content (AvgIpc) is 2.97. The van der Waals surface area contributed by atoms with Crippen LogP contribution in [0.4, 0.5) is 0 Å². The molecule has 0 aromatic heterocycles. The molecule has 7 nitrogen and oxygen atoms in total. The zero-order chi connectivity index (χ0) is 25.6. The second-order valence-corrected chi connectivity index (χ2v) is 11.4. The molecule has 2 aliphatic rings. The molecule has 1 saturated carbocycles. The maximum atomic E-state index is 13.7. The molecule has 8 heteroatoms. The summed E-state index contributed by atoms with van der Waals surface area (Å²) in [4.78, 5) is 28.4. The van der Waals surface area contributed by atoms with E-state index < -0.39 is 5.54 Å². The molecule has 2 rings (SSSR count). The van der Waals surface area contributed by atoms with Gasteiger partial charge in [0.05, 0.1) is 11.2 Å². The summed E-state index contributed by atoms with van der Waals surface area (Å²) in [5, 5.41) is 6.33. The first-order chi connectivity index (χ1) is 15.9. The number of carbonyl (C=O) groups excluding carboxylic acids is 2. The van der Waals surface area contributed by atoms with E-state index in [1.54, 1.807) is 0 Å². The number of hydrogen-bond acceptors (Lipinski definition) is 5. The van der Waals surface area contributed by atoms with E-state index in [1.165, 1.54) is 6.92 Å². The molecular formula is C26H50BN3O4. The van der Waals surface area contributed by atoms with E-state index in [0.29, 0.717) is 18.9 Å². The number of amides is 2. The standard InChI is InChI=1S/C26H50BN3O4/c1-9-12-17-28-23(32)26(29-20(4)31)18-21(13-14-22(26)19-30(10-2)11-3)15-16-27-33-24(5,6)25(7,8)34-27/h21-22H,9-19H2,1-8H3,(H,28,32)(H,29,31)/t21-,22-,26+/m0/s1. The number of unbranched alkanes of at least 4 members (excludes halogenated alkanes) is 1. The number of nitrogens with one attached hydrogen (secondary N) is 2. The lowest BCUT2D eigenvalue weighted by molar-refractivity contribution is -0.138. The van der Waals surface area contributed by atoms with Crippen molar-refractivity contribution in [2.75, 3.05) is 26.2 Å². The van der Waals surface area contributed by atoms with Gasteiger partial charge in [0, 0.05) is 25.9 Å². The molecule has 2 fully saturated rings. The number of rotatable bonds is 12. The van der Waals surface area contributed by atoms with Gasteiger partial charge in [-0.15, -0.1) is 0 Å². The molecule has 1 heterocycles. The molecule has 1 saturated heterocycles. The van der Waals surface area contributed by atoms with Gasteiger partial charge in [0.1, 0.15) is 5.54 Å². The third-order valence-electron chi connectivity index (χ3n) is 8.34. The highest BCUT2D eigenvalue weighted by atomic mass is 16.7. The molecule has 0 aromatic rings. The van der Waals surface area contributed by atoms with Crippen molar-refractivity contribution in [2.24, 2.45) is 11.8 Å². The van der Waals surface area contributed by atoms with Crippen LogP contribution in [-0.4, -0.2) is 66.8 Å². The first-order valence-electron chi connectivity index (χ1n) is 13.6. The van der Waals surface area contributed by atoms with Gasteiger partial charge >= 0.3 is 7.12 Å². The van der Waals surface area contributed by atoms with E-state index >= 15 is 0 Å². The Labute approximate surface area is 208 Å². The van der Waals surface area contributed by atoms with Crippen LogP contribution in [0.1, 0.15) is 93.9 Å². The molecule has 1 aliphatic heterocycles. The molecule has 34 heavy (non-hydrogen) atoms. The summed E-state index contributed by atoms with van der Waals surface area (Å²) < 4.78 is 12.4. The van der Waals surface area contributed by atoms with Gasteiger partial charge < -0.3 is 24.8 Å². The lowest BCUT2D eigenvalue weighted by Gasteiger charge is -2.47. The van der Waals surface area contributed by atoms with Crippen LogP contribution in [0, 0.1) is 11.8 Å². The van der Waals surface area contributed by atoms with Crippen LogP contribution < -0.4 is 10.6 Å². The topological polar surface area (TPSA) is 79.9 Å². The molecule has 0 unspecified atom stereocenters. The van der Waals surface area contributed by atoms with Gasteiger partial charge in [-0.3, -0.25) is 9.59 Å². The Balaban J connectivity index is 2.20. The van der Waals surface area contributed by atoms with Crippen molar-refractivity contribution in [1.29, 1.82) is 0 Å². The summed E-state index contributed by atoms with van der Waals surface area (Å²) in [6.45, 7) is 19.6. The summed E-state index contributed by atoms with van der Waals surface area (Å²) in [6, 6.07) is 0. The molecule has 2 amide bonds. The van der Waals surface area contributed by atoms with Crippen molar-refractivity contribution in [3.63, 3.8) is 0 Å². The zero-order valence-corrected chi connectivity index (χ0v) is 23.1. The zero-order valence-electron chi connectivity index (χ0n) is 23.1. The highest BCUT2D eigenvalue weighted by Crippen LogP contribution is 2.42. The minimum atomic E-state index is -0.874. The maximum absolute atomic E-state index is 13.7. The van der Waals surface area contributed by atoms with Gasteiger partial charge in [-0.05, 0) is 78.7 Å². The van der Waals surface area contributed by atoms with Crippen molar-refractivity contribution in [1.82, 2.24) is 15.5 Å². The van der Waals surface area contributed by atoms with Crippen molar-refractivity contribution < 1.29 is 18.9 Å². The summed E-state index contributed by atoms with van der Waals surface area (Å²) in [5.74, 6) is 0.261. The highest BCUT2D eigenvalue weighted by molar-refractivity contribution is 6.45. The van der Waals surface area contributed by atoms with Gasteiger partial charge in [-0.2, -0.15) is 0 Å². The van der Waals surface area contributed by atoms with Gasteiger partial charge in [0.25, 0.3) is 0 Å². The molecule has 0 spiro atoms. The highest BCUT2D eigenvalue weighted by Gasteiger charge is 2.53. The summed E-state index contributed by atoms with van der Waals surface area (Å²) in [6.07, 6.45) is 6.31. The van der Waals surface area contributed by atoms with E-state index in [-0.39, 0.29) is 36.1 Å². The van der Waals surface area contributed by atoms with E-state index in [4.69, 9.17) is 9.31 Å². The van der Waals surface area contributed by atoms with E-state index in [9.17, 15) is 9.59 Å². The molecule has 1 aliphatic carbocycles. The first kappa shape index (κ1) is 29.1. The Morgan fingerprint density at radius 2 is 1.65 bits per heavy atom. The normalized spacial score (nSPS) is 28.2. The van der Waals surface area contributed by atoms with Crippen LogP contribution in [0.5, 0.6) is 0 Å². The smallest absolute Gasteiger partial charge is 0.403 e. The molecule has 3 atom stereocenters. The second-order valence-electron chi connectivity index (χ2n) is 11.4. The molecule has 2 N–H and O–H groups in total. The monoisotopic (exact) mass is 479 g/mol. The van der Waals surface area contributed by atoms with Crippen LogP contribution in [0.15, 0.2) is 0 Å². The van der Waals surface area contributed by atoms with Crippen LogP contribution in [0.2, 0.25) is 6.32 Å². The van der Waals surface area contributed by atoms with E-state index in [2.05, 4.69) is 64.0 Å². The Kier molecular flexibility index (Phi) is 10.5. The fraction of sp³-hybridized carbons (Fsp3) is 0.923. The summed E-state index contributed by atoms with van der Waals surface area (Å²) in [7, 11) is -0.230. The van der Waals surface area contributed by atoms with E-state index in [0.717, 1.165) is 58.1 Å². The third kappa shape index (κ3) is 6.98. The Bertz CT molecular complexity index is 667. The van der Waals surface area contributed by atoms with Crippen molar-refractivity contribution in [2.45, 2.75) is 117 Å². The van der Waals surface area contributed by atoms with Gasteiger partial charge in [-0.1, -0.05) is 33.6 Å². The summed E-state index contributed by atoms with van der Waals surface area (Å²) >= 11 is 0. The average molecular weight is 480 g/mol. The molecule has 0 bridgehead atoms. The predicted octanol–water partition coefficient (Wildman–Crippen LogP) is 4.02. The largest absolute Gasteiger partial charge is 0.457 e. The van der Waals surface area contributed by atoms with Crippen molar-refractivity contribution >= 4 is 18.9 Å². The maximum Gasteiger partial charge on any atom is 0.457 e. The fourth-order valence-corrected chi connectivity index (χ4v) is 5.49. The van der Waals surface area contributed by atoms with Gasteiger partial charge in [0.15, 0.2) is 0 Å². The first-order valence-corrected chi connectivity index (χ1v) is 13.6.